The molecule has 49 heavy (non-hydrogen) atoms. The van der Waals surface area contributed by atoms with Crippen molar-refractivity contribution in [2.75, 3.05) is 0 Å². The maximum absolute atomic E-state index is 3.44. The first kappa shape index (κ1) is 45.8. The number of H-pyrrole nitrogens is 1. The van der Waals surface area contributed by atoms with E-state index in [1.807, 2.05) is 0 Å². The third-order valence-electron chi connectivity index (χ3n) is 10.8. The molecule has 0 unspecified atom stereocenters. The summed E-state index contributed by atoms with van der Waals surface area (Å²) in [7, 11) is 0. The maximum Gasteiger partial charge on any atom is 0.0450 e. The lowest BCUT2D eigenvalue weighted by Gasteiger charge is -2.03. The molecule has 1 aromatic heterocycles. The Hall–Kier alpha value is -1.24. The van der Waals surface area contributed by atoms with Crippen LogP contribution < -0.4 is 0 Å². The van der Waals surface area contributed by atoms with Crippen LogP contribution in [0.5, 0.6) is 0 Å². The molecule has 1 aromatic rings. The van der Waals surface area contributed by atoms with Gasteiger partial charge in [-0.25, -0.2) is 0 Å². The lowest BCUT2D eigenvalue weighted by atomic mass is 10.0. The zero-order valence-corrected chi connectivity index (χ0v) is 33.8. The molecule has 1 nitrogen and oxygen atoms in total. The van der Waals surface area contributed by atoms with E-state index in [9.17, 15) is 0 Å². The fourth-order valence-electron chi connectivity index (χ4n) is 7.42. The van der Waals surface area contributed by atoms with E-state index in [0.717, 1.165) is 0 Å². The molecule has 0 radical (unpaired) electrons. The summed E-state index contributed by atoms with van der Waals surface area (Å²) in [6.07, 6.45) is 65.9. The van der Waals surface area contributed by atoms with Crippen molar-refractivity contribution in [1.29, 1.82) is 0 Å². The first-order valence-electron chi connectivity index (χ1n) is 22.9. The van der Waals surface area contributed by atoms with Crippen LogP contribution in [0.4, 0.5) is 0 Å². The van der Waals surface area contributed by atoms with Gasteiger partial charge in [0, 0.05) is 11.9 Å². The van der Waals surface area contributed by atoms with Gasteiger partial charge in [0.2, 0.25) is 0 Å². The molecule has 0 aliphatic rings. The first-order valence-corrected chi connectivity index (χ1v) is 22.9. The summed E-state index contributed by atoms with van der Waals surface area (Å²) in [5, 5.41) is 0. The van der Waals surface area contributed by atoms with Crippen LogP contribution in [0.1, 0.15) is 269 Å². The second-order valence-corrected chi connectivity index (χ2v) is 15.7. The Morgan fingerprint density at radius 2 is 0.612 bits per heavy atom. The molecule has 1 heterocycles. The fraction of sp³-hybridized carbons (Fsp3) is 0.833. The third kappa shape index (κ3) is 33.7. The van der Waals surface area contributed by atoms with Crippen molar-refractivity contribution in [1.82, 2.24) is 4.98 Å². The number of aromatic amines is 1. The van der Waals surface area contributed by atoms with E-state index in [1.54, 1.807) is 0 Å². The lowest BCUT2D eigenvalue weighted by molar-refractivity contribution is 0.525. The molecular weight excluding hydrogens is 591 g/mol. The molecule has 0 bridgehead atoms. The molecule has 1 rings (SSSR count). The summed E-state index contributed by atoms with van der Waals surface area (Å²) in [4.78, 5) is 3.44. The Kier molecular flexibility index (Phi) is 36.9. The summed E-state index contributed by atoms with van der Waals surface area (Å²) < 4.78 is 0. The van der Waals surface area contributed by atoms with Crippen LogP contribution >= 0.6 is 0 Å². The Balaban J connectivity index is 1.85. The van der Waals surface area contributed by atoms with E-state index < -0.39 is 0 Å². The summed E-state index contributed by atoms with van der Waals surface area (Å²) in [6, 6.07) is 2.22. The molecule has 0 spiro atoms. The van der Waals surface area contributed by atoms with Crippen molar-refractivity contribution in [2.24, 2.45) is 0 Å². The summed E-state index contributed by atoms with van der Waals surface area (Å²) in [5.41, 5.74) is 2.62. The fourth-order valence-corrected chi connectivity index (χ4v) is 7.42. The minimum absolute atomic E-state index is 1.21. The second-order valence-electron chi connectivity index (χ2n) is 15.7. The summed E-state index contributed by atoms with van der Waals surface area (Å²) in [5.74, 6) is 0. The molecule has 1 N–H and O–H groups in total. The second kappa shape index (κ2) is 39.5. The van der Waals surface area contributed by atoms with E-state index in [2.05, 4.69) is 55.4 Å². The molecule has 0 aliphatic carbocycles. The summed E-state index contributed by atoms with van der Waals surface area (Å²) >= 11 is 0. The smallest absolute Gasteiger partial charge is 0.0450 e. The molecule has 0 amide bonds. The van der Waals surface area contributed by atoms with Gasteiger partial charge in [-0.3, -0.25) is 0 Å². The van der Waals surface area contributed by atoms with Crippen LogP contribution in [-0.2, 0) is 0 Å². The van der Waals surface area contributed by atoms with Gasteiger partial charge in [0.15, 0.2) is 0 Å². The summed E-state index contributed by atoms with van der Waals surface area (Å²) in [6.45, 7) is 4.61. The monoisotopic (exact) mass is 680 g/mol. The first-order chi connectivity index (χ1) is 24.4. The molecule has 0 aromatic carbocycles. The Bertz CT molecular complexity index is 735. The Morgan fingerprint density at radius 3 is 0.918 bits per heavy atom. The highest BCUT2D eigenvalue weighted by Crippen LogP contribution is 2.18. The Labute approximate surface area is 309 Å². The van der Waals surface area contributed by atoms with Gasteiger partial charge < -0.3 is 4.98 Å². The van der Waals surface area contributed by atoms with Crippen molar-refractivity contribution >= 4 is 12.2 Å². The van der Waals surface area contributed by atoms with Gasteiger partial charge in [0.05, 0.1) is 0 Å². The zero-order chi connectivity index (χ0) is 35.0. The number of aromatic nitrogens is 1. The van der Waals surface area contributed by atoms with Gasteiger partial charge in [-0.05, 0) is 43.4 Å². The lowest BCUT2D eigenvalue weighted by Crippen LogP contribution is -1.84. The topological polar surface area (TPSA) is 15.8 Å². The average molecular weight is 680 g/mol. The van der Waals surface area contributed by atoms with E-state index in [4.69, 9.17) is 0 Å². The molecular formula is C48H89N. The van der Waals surface area contributed by atoms with Crippen molar-refractivity contribution in [3.63, 3.8) is 0 Å². The van der Waals surface area contributed by atoms with Gasteiger partial charge in [0.25, 0.3) is 0 Å². The van der Waals surface area contributed by atoms with Gasteiger partial charge >= 0.3 is 0 Å². The minimum atomic E-state index is 1.21. The van der Waals surface area contributed by atoms with Crippen LogP contribution in [0, 0.1) is 0 Å². The number of hydrogen-bond donors (Lipinski definition) is 1. The number of unbranched alkanes of at least 4 members (excludes halogenated alkanes) is 36. The highest BCUT2D eigenvalue weighted by atomic mass is 14.7. The SMILES string of the molecule is CCCCCCCCCCCCCCCCCCCCC=Cc1cc[nH]c1C=CCCCCCCCCCCCCCCCCCCCC. The number of hydrogen-bond acceptors (Lipinski definition) is 0. The van der Waals surface area contributed by atoms with Gasteiger partial charge in [0.1, 0.15) is 0 Å². The zero-order valence-electron chi connectivity index (χ0n) is 33.8. The molecule has 1 heteroatoms. The van der Waals surface area contributed by atoms with Crippen molar-refractivity contribution < 1.29 is 0 Å². The molecule has 0 fully saturated rings. The van der Waals surface area contributed by atoms with Gasteiger partial charge in [-0.1, -0.05) is 250 Å². The largest absolute Gasteiger partial charge is 0.361 e. The average Bonchev–Trinajstić information content (AvgIpc) is 3.57. The van der Waals surface area contributed by atoms with Crippen molar-refractivity contribution in [3.05, 3.63) is 35.7 Å². The predicted octanol–water partition coefficient (Wildman–Crippen LogP) is 17.9. The van der Waals surface area contributed by atoms with Gasteiger partial charge in [-0.15, -0.1) is 0 Å². The minimum Gasteiger partial charge on any atom is -0.361 e. The standard InChI is InChI=1S/C48H89N/c1-3-5-7-9-11-13-15-17-19-21-23-25-27-29-31-33-35-37-39-41-43-47-45-46-49-48(47)44-42-40-38-36-34-32-30-28-26-24-22-20-18-16-14-12-10-8-6-4-2/h41-46,49H,3-40H2,1-2H3. The van der Waals surface area contributed by atoms with E-state index in [-0.39, 0.29) is 0 Å². The quantitative estimate of drug-likeness (QED) is 0.0665. The van der Waals surface area contributed by atoms with Crippen LogP contribution in [0.2, 0.25) is 0 Å². The number of nitrogens with one attached hydrogen (secondary N) is 1. The molecule has 0 saturated carbocycles. The van der Waals surface area contributed by atoms with Crippen LogP contribution in [0.15, 0.2) is 24.4 Å². The van der Waals surface area contributed by atoms with Crippen molar-refractivity contribution in [3.8, 4) is 0 Å². The van der Waals surface area contributed by atoms with Crippen molar-refractivity contribution in [2.45, 2.75) is 258 Å². The highest BCUT2D eigenvalue weighted by Gasteiger charge is 1.99. The van der Waals surface area contributed by atoms with E-state index in [1.165, 1.54) is 255 Å². The molecule has 0 atom stereocenters. The Morgan fingerprint density at radius 1 is 0.347 bits per heavy atom. The highest BCUT2D eigenvalue weighted by molar-refractivity contribution is 5.62. The predicted molar refractivity (Wildman–Crippen MR) is 226 cm³/mol. The van der Waals surface area contributed by atoms with E-state index in [0.29, 0.717) is 0 Å². The maximum atomic E-state index is 3.44. The van der Waals surface area contributed by atoms with Crippen LogP contribution in [0.25, 0.3) is 12.2 Å². The normalized spacial score (nSPS) is 12.0. The van der Waals surface area contributed by atoms with Gasteiger partial charge in [-0.2, -0.15) is 0 Å². The molecule has 0 aliphatic heterocycles. The number of rotatable bonds is 40. The number of allylic oxidation sites excluding steroid dienone is 2. The van der Waals surface area contributed by atoms with E-state index >= 15 is 0 Å². The molecule has 286 valence electrons. The third-order valence-corrected chi connectivity index (χ3v) is 10.8. The van der Waals surface area contributed by atoms with Crippen LogP contribution in [-0.4, -0.2) is 4.98 Å². The van der Waals surface area contributed by atoms with Crippen LogP contribution in [0.3, 0.4) is 0 Å². The molecule has 0 saturated heterocycles.